The van der Waals surface area contributed by atoms with Crippen LogP contribution in [0.3, 0.4) is 0 Å². The molecule has 1 saturated carbocycles. The highest BCUT2D eigenvalue weighted by molar-refractivity contribution is 7.11. The Bertz CT molecular complexity index is 707. The quantitative estimate of drug-likeness (QED) is 0.765. The molecule has 0 bridgehead atoms. The van der Waals surface area contributed by atoms with E-state index in [-0.39, 0.29) is 11.5 Å². The van der Waals surface area contributed by atoms with Gasteiger partial charge in [-0.25, -0.2) is 0 Å². The van der Waals surface area contributed by atoms with Gasteiger partial charge in [-0.1, -0.05) is 35.3 Å². The third-order valence-corrected chi connectivity index (χ3v) is 6.46. The minimum atomic E-state index is -0.184. The molecule has 0 amide bonds. The van der Waals surface area contributed by atoms with E-state index in [1.54, 1.807) is 6.07 Å². The molecule has 0 spiro atoms. The number of rotatable bonds is 2. The van der Waals surface area contributed by atoms with Crippen molar-refractivity contribution >= 4 is 40.8 Å². The van der Waals surface area contributed by atoms with E-state index < -0.39 is 0 Å². The molecule has 2 heterocycles. The zero-order chi connectivity index (χ0) is 17.2. The molecule has 24 heavy (non-hydrogen) atoms. The molecule has 1 aliphatic carbocycles. The largest absolute Gasteiger partial charge is 0.393 e. The van der Waals surface area contributed by atoms with Gasteiger partial charge in [-0.2, -0.15) is 0 Å². The number of fused-ring (bicyclic) bond motifs is 1. The van der Waals surface area contributed by atoms with Crippen LogP contribution in [0.2, 0.25) is 10.0 Å². The van der Waals surface area contributed by atoms with Crippen molar-refractivity contribution in [2.75, 3.05) is 13.1 Å². The van der Waals surface area contributed by atoms with Crippen molar-refractivity contribution in [3.63, 3.8) is 0 Å². The van der Waals surface area contributed by atoms with Gasteiger partial charge >= 0.3 is 0 Å². The summed E-state index contributed by atoms with van der Waals surface area (Å²) in [6, 6.07) is 9.51. The van der Waals surface area contributed by atoms with Crippen molar-refractivity contribution in [1.29, 1.82) is 0 Å². The maximum absolute atomic E-state index is 9.90. The van der Waals surface area contributed by atoms with Crippen LogP contribution in [-0.2, 0) is 5.41 Å². The Hall–Kier alpha value is -0.910. The molecule has 2 aliphatic rings. The van der Waals surface area contributed by atoms with Gasteiger partial charge in [0.25, 0.3) is 0 Å². The fourth-order valence-electron chi connectivity index (χ4n) is 3.81. The fraction of sp³-hybridized carbons (Fsp3) is 0.389. The first kappa shape index (κ1) is 17.9. The average Bonchev–Trinajstić information content (AvgIpc) is 3.26. The van der Waals surface area contributed by atoms with Crippen LogP contribution in [0.4, 0.5) is 0 Å². The van der Waals surface area contributed by atoms with E-state index in [0.29, 0.717) is 16.0 Å². The van der Waals surface area contributed by atoms with Crippen molar-refractivity contribution in [2.24, 2.45) is 5.92 Å². The molecule has 1 aliphatic heterocycles. The number of thiophene rings is 1. The molecule has 1 saturated heterocycles. The molecule has 1 unspecified atom stereocenters. The third kappa shape index (κ3) is 3.53. The molecule has 3 nitrogen and oxygen atoms in total. The van der Waals surface area contributed by atoms with Gasteiger partial charge in [-0.3, -0.25) is 4.79 Å². The zero-order valence-electron chi connectivity index (χ0n) is 13.0. The lowest BCUT2D eigenvalue weighted by Gasteiger charge is -2.29. The normalized spacial score (nSPS) is 28.1. The summed E-state index contributed by atoms with van der Waals surface area (Å²) in [7, 11) is 0. The highest BCUT2D eigenvalue weighted by atomic mass is 35.5. The van der Waals surface area contributed by atoms with Crippen molar-refractivity contribution in [3.05, 3.63) is 56.2 Å². The Morgan fingerprint density at radius 2 is 2.12 bits per heavy atom. The molecule has 128 valence electrons. The topological polar surface area (TPSA) is 49.3 Å². The van der Waals surface area contributed by atoms with Gasteiger partial charge in [0.15, 0.2) is 6.29 Å². The van der Waals surface area contributed by atoms with E-state index in [9.17, 15) is 9.90 Å². The second kappa shape index (κ2) is 7.54. The third-order valence-electron chi connectivity index (χ3n) is 4.92. The van der Waals surface area contributed by atoms with Crippen molar-refractivity contribution in [2.45, 2.75) is 24.4 Å². The molecule has 2 fully saturated rings. The lowest BCUT2D eigenvalue weighted by atomic mass is 9.74. The summed E-state index contributed by atoms with van der Waals surface area (Å²) in [6.45, 7) is 1.91. The molecule has 3 atom stereocenters. The van der Waals surface area contributed by atoms with Crippen LogP contribution in [0.25, 0.3) is 0 Å². The molecule has 2 N–H and O–H groups in total. The molecule has 6 heteroatoms. The first-order chi connectivity index (χ1) is 11.5. The summed E-state index contributed by atoms with van der Waals surface area (Å²) in [6.07, 6.45) is 2.37. The minimum Gasteiger partial charge on any atom is -0.393 e. The van der Waals surface area contributed by atoms with Crippen LogP contribution >= 0.6 is 34.5 Å². The van der Waals surface area contributed by atoms with Crippen LogP contribution in [0.5, 0.6) is 0 Å². The summed E-state index contributed by atoms with van der Waals surface area (Å²) in [5.41, 5.74) is 1.26. The number of carbonyl (C=O) groups is 1. The second-order valence-corrected chi connectivity index (χ2v) is 8.13. The highest BCUT2D eigenvalue weighted by Gasteiger charge is 2.50. The standard InChI is InChI=1S/C13H15Cl2NO.C5H4OS/c14-11-2-1-8(4-12(11)15)13-5-10(17)3-9(13)6-16-7-13;6-4-5-2-1-3-7-5/h1-2,4,9-10,16-17H,3,5-7H2;1-4H/t9-,10?,13+;/m1./s1. The molecule has 0 radical (unpaired) electrons. The Morgan fingerprint density at radius 1 is 1.29 bits per heavy atom. The highest BCUT2D eigenvalue weighted by Crippen LogP contribution is 2.48. The number of hydrogen-bond acceptors (Lipinski definition) is 4. The minimum absolute atomic E-state index is 0.0493. The summed E-state index contributed by atoms with van der Waals surface area (Å²) in [4.78, 5) is 10.7. The van der Waals surface area contributed by atoms with E-state index >= 15 is 0 Å². The molecule has 1 aromatic carbocycles. The Labute approximate surface area is 155 Å². The Balaban J connectivity index is 0.000000203. The molecular weight excluding hydrogens is 365 g/mol. The molecule has 1 aromatic heterocycles. The van der Waals surface area contributed by atoms with E-state index in [2.05, 4.69) is 5.32 Å². The predicted molar refractivity (Wildman–Crippen MR) is 99.4 cm³/mol. The maximum atomic E-state index is 9.90. The van der Waals surface area contributed by atoms with Gasteiger partial charge in [0, 0.05) is 12.0 Å². The van der Waals surface area contributed by atoms with Gasteiger partial charge in [-0.15, -0.1) is 11.3 Å². The average molecular weight is 384 g/mol. The second-order valence-electron chi connectivity index (χ2n) is 6.34. The summed E-state index contributed by atoms with van der Waals surface area (Å²) in [5, 5.41) is 16.4. The number of carbonyl (C=O) groups excluding carboxylic acids is 1. The van der Waals surface area contributed by atoms with Crippen molar-refractivity contribution < 1.29 is 9.90 Å². The number of halogens is 2. The molecular formula is C18H19Cl2NO2S. The number of aliphatic hydroxyl groups excluding tert-OH is 1. The van der Waals surface area contributed by atoms with Gasteiger partial charge in [0.05, 0.1) is 21.0 Å². The van der Waals surface area contributed by atoms with Crippen molar-refractivity contribution in [1.82, 2.24) is 5.32 Å². The number of benzene rings is 1. The monoisotopic (exact) mass is 383 g/mol. The number of hydrogen-bond donors (Lipinski definition) is 2. The van der Waals surface area contributed by atoms with Gasteiger partial charge in [-0.05, 0) is 54.4 Å². The predicted octanol–water partition coefficient (Wildman–Crippen LogP) is 4.17. The van der Waals surface area contributed by atoms with Gasteiger partial charge in [0.2, 0.25) is 0 Å². The first-order valence-corrected chi connectivity index (χ1v) is 9.52. The smallest absolute Gasteiger partial charge is 0.159 e. The van der Waals surface area contributed by atoms with E-state index in [1.807, 2.05) is 29.6 Å². The van der Waals surface area contributed by atoms with Crippen LogP contribution in [0.15, 0.2) is 35.7 Å². The first-order valence-electron chi connectivity index (χ1n) is 7.88. The zero-order valence-corrected chi connectivity index (χ0v) is 15.4. The molecule has 4 rings (SSSR count). The van der Waals surface area contributed by atoms with Crippen LogP contribution in [0, 0.1) is 5.92 Å². The summed E-state index contributed by atoms with van der Waals surface area (Å²) < 4.78 is 0. The van der Waals surface area contributed by atoms with Gasteiger partial charge in [0.1, 0.15) is 0 Å². The van der Waals surface area contributed by atoms with E-state index in [0.717, 1.165) is 37.1 Å². The fourth-order valence-corrected chi connectivity index (χ4v) is 4.63. The van der Waals surface area contributed by atoms with E-state index in [4.69, 9.17) is 23.2 Å². The number of aldehydes is 1. The van der Waals surface area contributed by atoms with Crippen molar-refractivity contribution in [3.8, 4) is 0 Å². The summed E-state index contributed by atoms with van der Waals surface area (Å²) >= 11 is 13.5. The summed E-state index contributed by atoms with van der Waals surface area (Å²) in [5.74, 6) is 0.509. The number of nitrogens with one attached hydrogen (secondary N) is 1. The number of aliphatic hydroxyl groups is 1. The SMILES string of the molecule is O=Cc1cccs1.OC1C[C@@H]2CNC[C@]2(c2ccc(Cl)c(Cl)c2)C1. The van der Waals surface area contributed by atoms with Gasteiger partial charge < -0.3 is 10.4 Å². The lowest BCUT2D eigenvalue weighted by Crippen LogP contribution is -2.31. The maximum Gasteiger partial charge on any atom is 0.159 e. The Kier molecular flexibility index (Phi) is 5.63. The van der Waals surface area contributed by atoms with Crippen LogP contribution in [0.1, 0.15) is 28.1 Å². The van der Waals surface area contributed by atoms with E-state index in [1.165, 1.54) is 16.9 Å². The van der Waals surface area contributed by atoms with Crippen LogP contribution in [-0.4, -0.2) is 30.6 Å². The molecule has 2 aromatic rings. The van der Waals surface area contributed by atoms with Crippen LogP contribution < -0.4 is 5.32 Å². The lowest BCUT2D eigenvalue weighted by molar-refractivity contribution is 0.112. The Morgan fingerprint density at radius 3 is 2.75 bits per heavy atom.